The lowest BCUT2D eigenvalue weighted by Crippen LogP contribution is -2.05. The number of carbonyl (C=O) groups is 1. The van der Waals surface area contributed by atoms with Crippen LogP contribution in [0.4, 0.5) is 13.2 Å². The van der Waals surface area contributed by atoms with Crippen LogP contribution in [0, 0.1) is 6.92 Å². The number of rotatable bonds is 3. The number of pyridine rings is 1. The Kier molecular flexibility index (Phi) is 4.63. The first kappa shape index (κ1) is 17.2. The summed E-state index contributed by atoms with van der Waals surface area (Å²) < 4.78 is 42.8. The molecule has 0 spiro atoms. The summed E-state index contributed by atoms with van der Waals surface area (Å²) in [7, 11) is 0. The fraction of sp³-hybridized carbons (Fsp3) is 0.118. The number of hydrogen-bond acceptors (Lipinski definition) is 5. The Morgan fingerprint density at radius 2 is 1.84 bits per heavy atom. The number of aromatic nitrogens is 2. The second kappa shape index (κ2) is 6.72. The van der Waals surface area contributed by atoms with Gasteiger partial charge >= 0.3 is 6.18 Å². The predicted molar refractivity (Wildman–Crippen MR) is 86.1 cm³/mol. The van der Waals surface area contributed by atoms with Crippen LogP contribution in [0.15, 0.2) is 58.2 Å². The van der Waals surface area contributed by atoms with Crippen LogP contribution in [0.2, 0.25) is 0 Å². The quantitative estimate of drug-likeness (QED) is 0.613. The molecule has 25 heavy (non-hydrogen) atoms. The van der Waals surface area contributed by atoms with Crippen molar-refractivity contribution in [3.63, 3.8) is 0 Å². The molecule has 1 aromatic carbocycles. The molecular weight excluding hydrogens is 353 g/mol. The van der Waals surface area contributed by atoms with Gasteiger partial charge in [-0.05, 0) is 30.8 Å². The molecule has 0 aliphatic carbocycles. The van der Waals surface area contributed by atoms with E-state index in [1.54, 1.807) is 31.2 Å². The lowest BCUT2D eigenvalue weighted by Gasteiger charge is -2.06. The first-order chi connectivity index (χ1) is 11.9. The molecule has 0 unspecified atom stereocenters. The van der Waals surface area contributed by atoms with Crippen molar-refractivity contribution in [2.75, 3.05) is 0 Å². The van der Waals surface area contributed by atoms with E-state index in [0.29, 0.717) is 23.2 Å². The number of halogens is 3. The van der Waals surface area contributed by atoms with Gasteiger partial charge in [0.2, 0.25) is 5.12 Å². The summed E-state index contributed by atoms with van der Waals surface area (Å²) >= 11 is 0.726. The second-order valence-corrected chi connectivity index (χ2v) is 6.09. The molecule has 128 valence electrons. The van der Waals surface area contributed by atoms with Gasteiger partial charge in [-0.2, -0.15) is 13.2 Å². The second-order valence-electron chi connectivity index (χ2n) is 5.10. The van der Waals surface area contributed by atoms with E-state index in [4.69, 9.17) is 4.52 Å². The van der Waals surface area contributed by atoms with Gasteiger partial charge in [-0.25, -0.2) is 4.98 Å². The van der Waals surface area contributed by atoms with Gasteiger partial charge in [-0.15, -0.1) is 0 Å². The topological polar surface area (TPSA) is 56.0 Å². The molecule has 2 heterocycles. The van der Waals surface area contributed by atoms with Gasteiger partial charge in [0.15, 0.2) is 0 Å². The van der Waals surface area contributed by atoms with Gasteiger partial charge < -0.3 is 4.52 Å². The molecule has 0 radical (unpaired) electrons. The van der Waals surface area contributed by atoms with Crippen LogP contribution in [0.25, 0.3) is 11.3 Å². The Hall–Kier alpha value is -2.61. The molecule has 0 saturated carbocycles. The number of benzene rings is 1. The molecule has 0 amide bonds. The molecule has 0 N–H and O–H groups in total. The standard InChI is InChI=1S/C17H11F3N2O2S/c1-10-14(15(22-24-10)11-5-3-2-4-6-11)16(23)25-13-8-7-12(9-21-13)17(18,19)20/h2-9H,1H3. The lowest BCUT2D eigenvalue weighted by molar-refractivity contribution is -0.137. The van der Waals surface area contributed by atoms with Gasteiger partial charge in [0.25, 0.3) is 0 Å². The molecule has 0 fully saturated rings. The number of alkyl halides is 3. The van der Waals surface area contributed by atoms with Crippen LogP contribution < -0.4 is 0 Å². The van der Waals surface area contributed by atoms with Gasteiger partial charge in [0, 0.05) is 11.8 Å². The first-order valence-electron chi connectivity index (χ1n) is 7.13. The van der Waals surface area contributed by atoms with Crippen molar-refractivity contribution in [2.24, 2.45) is 0 Å². The van der Waals surface area contributed by atoms with Gasteiger partial charge in [0.05, 0.1) is 11.1 Å². The van der Waals surface area contributed by atoms with Crippen LogP contribution in [0.5, 0.6) is 0 Å². The predicted octanol–water partition coefficient (Wildman–Crippen LogP) is 5.00. The molecule has 0 aliphatic heterocycles. The highest BCUT2D eigenvalue weighted by molar-refractivity contribution is 8.14. The first-order valence-corrected chi connectivity index (χ1v) is 7.95. The number of hydrogen-bond donors (Lipinski definition) is 0. The van der Waals surface area contributed by atoms with Gasteiger partial charge in [-0.3, -0.25) is 4.79 Å². The van der Waals surface area contributed by atoms with E-state index in [-0.39, 0.29) is 10.6 Å². The molecule has 2 aromatic heterocycles. The van der Waals surface area contributed by atoms with E-state index in [2.05, 4.69) is 10.1 Å². The largest absolute Gasteiger partial charge is 0.417 e. The van der Waals surface area contributed by atoms with Crippen molar-refractivity contribution in [3.05, 3.63) is 65.5 Å². The minimum absolute atomic E-state index is 0.164. The molecule has 0 saturated heterocycles. The fourth-order valence-corrected chi connectivity index (χ4v) is 2.93. The van der Waals surface area contributed by atoms with Crippen molar-refractivity contribution in [2.45, 2.75) is 18.1 Å². The molecule has 0 atom stereocenters. The number of thioether (sulfide) groups is 1. The van der Waals surface area contributed by atoms with Crippen molar-refractivity contribution < 1.29 is 22.5 Å². The van der Waals surface area contributed by atoms with Crippen LogP contribution in [0.3, 0.4) is 0 Å². The third-order valence-corrected chi connectivity index (χ3v) is 4.22. The Morgan fingerprint density at radius 3 is 2.44 bits per heavy atom. The number of nitrogens with zero attached hydrogens (tertiary/aromatic N) is 2. The van der Waals surface area contributed by atoms with Crippen LogP contribution in [-0.2, 0) is 6.18 Å². The molecular formula is C17H11F3N2O2S. The average Bonchev–Trinajstić information content (AvgIpc) is 2.97. The van der Waals surface area contributed by atoms with E-state index in [1.165, 1.54) is 0 Å². The summed E-state index contributed by atoms with van der Waals surface area (Å²) in [5, 5.41) is 3.68. The number of carbonyl (C=O) groups excluding carboxylic acids is 1. The summed E-state index contributed by atoms with van der Waals surface area (Å²) in [4.78, 5) is 16.3. The highest BCUT2D eigenvalue weighted by Crippen LogP contribution is 2.33. The van der Waals surface area contributed by atoms with E-state index in [1.807, 2.05) is 6.07 Å². The molecule has 3 rings (SSSR count). The SMILES string of the molecule is Cc1onc(-c2ccccc2)c1C(=O)Sc1ccc(C(F)(F)F)cn1. The van der Waals surface area contributed by atoms with E-state index in [0.717, 1.165) is 23.9 Å². The van der Waals surface area contributed by atoms with E-state index >= 15 is 0 Å². The average molecular weight is 364 g/mol. The molecule has 0 aliphatic rings. The van der Waals surface area contributed by atoms with E-state index < -0.39 is 16.9 Å². The highest BCUT2D eigenvalue weighted by atomic mass is 32.2. The minimum Gasteiger partial charge on any atom is -0.360 e. The molecule has 3 aromatic rings. The summed E-state index contributed by atoms with van der Waals surface area (Å²) in [5.74, 6) is 0.336. The van der Waals surface area contributed by atoms with Crippen LogP contribution in [0.1, 0.15) is 21.7 Å². The summed E-state index contributed by atoms with van der Waals surface area (Å²) in [5.41, 5.74) is 0.513. The van der Waals surface area contributed by atoms with Crippen LogP contribution >= 0.6 is 11.8 Å². The maximum absolute atomic E-state index is 12.6. The fourth-order valence-electron chi connectivity index (χ4n) is 2.16. The number of aryl methyl sites for hydroxylation is 1. The third kappa shape index (κ3) is 3.74. The third-order valence-electron chi connectivity index (χ3n) is 3.38. The Balaban J connectivity index is 1.86. The van der Waals surface area contributed by atoms with Gasteiger partial charge in [0.1, 0.15) is 16.5 Å². The summed E-state index contributed by atoms with van der Waals surface area (Å²) in [6.07, 6.45) is -3.76. The molecule has 8 heteroatoms. The Labute approximate surface area is 145 Å². The monoisotopic (exact) mass is 364 g/mol. The zero-order valence-corrected chi connectivity index (χ0v) is 13.7. The summed E-state index contributed by atoms with van der Waals surface area (Å²) in [6, 6.07) is 11.1. The maximum Gasteiger partial charge on any atom is 0.417 e. The molecule has 4 nitrogen and oxygen atoms in total. The lowest BCUT2D eigenvalue weighted by atomic mass is 10.1. The summed E-state index contributed by atoms with van der Waals surface area (Å²) in [6.45, 7) is 1.60. The van der Waals surface area contributed by atoms with Crippen molar-refractivity contribution in [3.8, 4) is 11.3 Å². The molecule has 0 bridgehead atoms. The highest BCUT2D eigenvalue weighted by Gasteiger charge is 2.31. The van der Waals surface area contributed by atoms with Crippen LogP contribution in [-0.4, -0.2) is 15.3 Å². The maximum atomic E-state index is 12.6. The zero-order valence-electron chi connectivity index (χ0n) is 12.9. The minimum atomic E-state index is -4.47. The van der Waals surface area contributed by atoms with Crippen molar-refractivity contribution in [1.29, 1.82) is 0 Å². The van der Waals surface area contributed by atoms with Gasteiger partial charge in [-0.1, -0.05) is 35.5 Å². The Morgan fingerprint density at radius 1 is 1.12 bits per heavy atom. The Bertz CT molecular complexity index is 891. The van der Waals surface area contributed by atoms with Crippen molar-refractivity contribution >= 4 is 16.9 Å². The smallest absolute Gasteiger partial charge is 0.360 e. The van der Waals surface area contributed by atoms with E-state index in [9.17, 15) is 18.0 Å². The zero-order chi connectivity index (χ0) is 18.0. The normalized spacial score (nSPS) is 11.5. The van der Waals surface area contributed by atoms with Crippen molar-refractivity contribution in [1.82, 2.24) is 10.1 Å².